The summed E-state index contributed by atoms with van der Waals surface area (Å²) in [5.74, 6) is 0.590. The number of carbonyl (C=O) groups is 1. The topological polar surface area (TPSA) is 36.4 Å². The first kappa shape index (κ1) is 19.0. The van der Waals surface area contributed by atoms with Crippen molar-refractivity contribution in [3.8, 4) is 0 Å². The predicted molar refractivity (Wildman–Crippen MR) is 99.2 cm³/mol. The Bertz CT molecular complexity index is 569. The van der Waals surface area contributed by atoms with Crippen molar-refractivity contribution < 1.29 is 4.79 Å². The van der Waals surface area contributed by atoms with E-state index < -0.39 is 5.34 Å². The fourth-order valence-corrected chi connectivity index (χ4v) is 2.88. The van der Waals surface area contributed by atoms with Crippen LogP contribution in [-0.2, 0) is 5.34 Å². The fraction of sp³-hybridized carbons (Fsp3) is 0.667. The van der Waals surface area contributed by atoms with E-state index in [1.54, 1.807) is 17.0 Å². The van der Waals surface area contributed by atoms with Crippen molar-refractivity contribution in [1.82, 2.24) is 14.8 Å². The number of hydrogen-bond acceptors (Lipinski definition) is 3. The second kappa shape index (κ2) is 7.73. The van der Waals surface area contributed by atoms with Crippen LogP contribution in [0.3, 0.4) is 0 Å². The molecule has 24 heavy (non-hydrogen) atoms. The van der Waals surface area contributed by atoms with Gasteiger partial charge in [0.25, 0.3) is 5.91 Å². The van der Waals surface area contributed by atoms with Gasteiger partial charge in [0.05, 0.1) is 15.7 Å². The zero-order valence-electron chi connectivity index (χ0n) is 15.3. The summed E-state index contributed by atoms with van der Waals surface area (Å²) in [5, 5.41) is -1.11. The normalized spacial score (nSPS) is 18.3. The van der Waals surface area contributed by atoms with Gasteiger partial charge in [0.15, 0.2) is 0 Å². The molecule has 4 nitrogen and oxygen atoms in total. The molecule has 126 valence electrons. The number of pyridine rings is 1. The minimum absolute atomic E-state index is 0.0600. The van der Waals surface area contributed by atoms with Crippen LogP contribution >= 0.6 is 0 Å². The first-order valence-electron chi connectivity index (χ1n) is 9.01. The molecule has 2 heterocycles. The molecular formula is C18H27B2N3O. The summed E-state index contributed by atoms with van der Waals surface area (Å²) in [6.07, 6.45) is 3.28. The van der Waals surface area contributed by atoms with Crippen LogP contribution in [0.25, 0.3) is 0 Å². The van der Waals surface area contributed by atoms with Gasteiger partial charge in [0.1, 0.15) is 5.69 Å². The first-order valence-corrected chi connectivity index (χ1v) is 9.01. The van der Waals surface area contributed by atoms with Gasteiger partial charge >= 0.3 is 0 Å². The smallest absolute Gasteiger partial charge is 0.272 e. The highest BCUT2D eigenvalue weighted by Crippen LogP contribution is 2.31. The Hall–Kier alpha value is -1.29. The van der Waals surface area contributed by atoms with E-state index in [1.165, 1.54) is 0 Å². The molecule has 0 bridgehead atoms. The van der Waals surface area contributed by atoms with Crippen molar-refractivity contribution in [1.29, 1.82) is 0 Å². The minimum atomic E-state index is -1.11. The number of rotatable bonds is 5. The SMILES string of the molecule is CC.[B]C([B])(c1cccc(C(=O)N(C)C2CC2)n1)N1CC(CC)C1. The van der Waals surface area contributed by atoms with Crippen molar-refractivity contribution in [3.05, 3.63) is 29.6 Å². The van der Waals surface area contributed by atoms with Gasteiger partial charge in [-0.3, -0.25) is 4.79 Å². The zero-order valence-corrected chi connectivity index (χ0v) is 15.3. The Kier molecular flexibility index (Phi) is 6.13. The summed E-state index contributed by atoms with van der Waals surface area (Å²) >= 11 is 0. The number of likely N-dealkylation sites (tertiary alicyclic amines) is 1. The average molecular weight is 323 g/mol. The molecule has 1 amide bonds. The monoisotopic (exact) mass is 323 g/mol. The number of carbonyl (C=O) groups excluding carboxylic acids is 1. The van der Waals surface area contributed by atoms with E-state index in [9.17, 15) is 4.79 Å². The van der Waals surface area contributed by atoms with E-state index in [0.29, 0.717) is 23.3 Å². The highest BCUT2D eigenvalue weighted by Gasteiger charge is 2.38. The van der Waals surface area contributed by atoms with E-state index in [4.69, 9.17) is 15.7 Å². The van der Waals surface area contributed by atoms with Gasteiger partial charge in [-0.2, -0.15) is 0 Å². The number of hydrogen-bond donors (Lipinski definition) is 0. The second-order valence-corrected chi connectivity index (χ2v) is 6.56. The molecule has 0 aromatic carbocycles. The Morgan fingerprint density at radius 1 is 1.33 bits per heavy atom. The van der Waals surface area contributed by atoms with Crippen LogP contribution in [0.15, 0.2) is 18.2 Å². The number of aromatic nitrogens is 1. The highest BCUT2D eigenvalue weighted by atomic mass is 16.2. The largest absolute Gasteiger partial charge is 0.337 e. The molecule has 2 aliphatic rings. The van der Waals surface area contributed by atoms with E-state index in [1.807, 2.05) is 31.9 Å². The van der Waals surface area contributed by atoms with Crippen molar-refractivity contribution in [2.75, 3.05) is 20.1 Å². The third kappa shape index (κ3) is 3.85. The minimum Gasteiger partial charge on any atom is -0.337 e. The average Bonchev–Trinajstić information content (AvgIpc) is 3.39. The molecule has 1 aromatic rings. The van der Waals surface area contributed by atoms with Crippen LogP contribution in [0.1, 0.15) is 56.2 Å². The maximum atomic E-state index is 12.4. The lowest BCUT2D eigenvalue weighted by Gasteiger charge is -2.50. The fourth-order valence-electron chi connectivity index (χ4n) is 2.88. The van der Waals surface area contributed by atoms with Gasteiger partial charge in [-0.15, -0.1) is 0 Å². The Balaban J connectivity index is 0.00000100. The summed E-state index contributed by atoms with van der Waals surface area (Å²) in [6, 6.07) is 5.69. The van der Waals surface area contributed by atoms with Crippen molar-refractivity contribution in [2.45, 2.75) is 51.4 Å². The molecule has 0 N–H and O–H groups in total. The van der Waals surface area contributed by atoms with Crippen LogP contribution in [0.4, 0.5) is 0 Å². The summed E-state index contributed by atoms with van der Waals surface area (Å²) in [5.41, 5.74) is 0.969. The Morgan fingerprint density at radius 3 is 2.50 bits per heavy atom. The van der Waals surface area contributed by atoms with Crippen molar-refractivity contribution in [3.63, 3.8) is 0 Å². The molecule has 1 saturated heterocycles. The lowest BCUT2D eigenvalue weighted by molar-refractivity contribution is 0.0616. The summed E-state index contributed by atoms with van der Waals surface area (Å²) in [4.78, 5) is 20.6. The van der Waals surface area contributed by atoms with Gasteiger partial charge in [-0.05, 0) is 36.2 Å². The lowest BCUT2D eigenvalue weighted by Crippen LogP contribution is -2.59. The van der Waals surface area contributed by atoms with Gasteiger partial charge in [-0.1, -0.05) is 33.3 Å². The molecule has 1 aromatic heterocycles. The van der Waals surface area contributed by atoms with E-state index in [0.717, 1.165) is 32.4 Å². The standard InChI is InChI=1S/C16H21B2N3O.C2H6/c1-3-11-9-21(10-11)16(17,18)14-6-4-5-13(19-14)15(22)20(2)12-7-8-12;1-2/h4-6,11-12H,3,7-10H2,1-2H3;1-2H3. The maximum absolute atomic E-state index is 12.4. The summed E-state index contributed by atoms with van der Waals surface area (Å²) in [6.45, 7) is 7.93. The molecule has 0 unspecified atom stereocenters. The molecule has 0 atom stereocenters. The third-order valence-corrected chi connectivity index (χ3v) is 4.85. The summed E-state index contributed by atoms with van der Waals surface area (Å²) in [7, 11) is 14.4. The maximum Gasteiger partial charge on any atom is 0.272 e. The zero-order chi connectivity index (χ0) is 17.9. The molecule has 0 spiro atoms. The summed E-state index contributed by atoms with van der Waals surface area (Å²) < 4.78 is 0. The van der Waals surface area contributed by atoms with E-state index >= 15 is 0 Å². The molecular weight excluding hydrogens is 296 g/mol. The van der Waals surface area contributed by atoms with Crippen LogP contribution in [-0.4, -0.2) is 62.6 Å². The molecule has 3 rings (SSSR count). The first-order chi connectivity index (χ1) is 11.4. The Labute approximate surface area is 148 Å². The molecule has 1 aliphatic carbocycles. The van der Waals surface area contributed by atoms with E-state index in [-0.39, 0.29) is 5.91 Å². The van der Waals surface area contributed by atoms with Crippen LogP contribution in [0, 0.1) is 5.92 Å². The number of nitrogens with zero attached hydrogens (tertiary/aromatic N) is 3. The lowest BCUT2D eigenvalue weighted by atomic mass is 9.57. The molecule has 1 saturated carbocycles. The van der Waals surface area contributed by atoms with E-state index in [2.05, 4.69) is 11.9 Å². The molecule has 2 fully saturated rings. The predicted octanol–water partition coefficient (Wildman–Crippen LogP) is 2.13. The van der Waals surface area contributed by atoms with Crippen LogP contribution in [0.2, 0.25) is 0 Å². The van der Waals surface area contributed by atoms with Crippen LogP contribution in [0.5, 0.6) is 0 Å². The third-order valence-electron chi connectivity index (χ3n) is 4.85. The quantitative estimate of drug-likeness (QED) is 0.779. The van der Waals surface area contributed by atoms with Crippen molar-refractivity contribution in [2.24, 2.45) is 5.92 Å². The molecule has 1 aliphatic heterocycles. The van der Waals surface area contributed by atoms with Gasteiger partial charge in [0, 0.05) is 31.9 Å². The Morgan fingerprint density at radius 2 is 1.96 bits per heavy atom. The van der Waals surface area contributed by atoms with Gasteiger partial charge < -0.3 is 9.80 Å². The molecule has 4 radical (unpaired) electrons. The van der Waals surface area contributed by atoms with Crippen molar-refractivity contribution >= 4 is 21.6 Å². The number of amides is 1. The highest BCUT2D eigenvalue weighted by molar-refractivity contribution is 6.39. The van der Waals surface area contributed by atoms with Gasteiger partial charge in [0.2, 0.25) is 0 Å². The van der Waals surface area contributed by atoms with Crippen LogP contribution < -0.4 is 0 Å². The van der Waals surface area contributed by atoms with Gasteiger partial charge in [-0.25, -0.2) is 4.98 Å². The second-order valence-electron chi connectivity index (χ2n) is 6.56. The molecule has 6 heteroatoms.